The van der Waals surface area contributed by atoms with Gasteiger partial charge < -0.3 is 19.0 Å². The van der Waals surface area contributed by atoms with Gasteiger partial charge >= 0.3 is 0 Å². The summed E-state index contributed by atoms with van der Waals surface area (Å²) in [4.78, 5) is 12.9. The number of benzene rings is 2. The maximum atomic E-state index is 12.9. The molecule has 0 saturated carbocycles. The average molecular weight is 445 g/mol. The van der Waals surface area contributed by atoms with E-state index in [9.17, 15) is 4.79 Å². The van der Waals surface area contributed by atoms with Gasteiger partial charge in [0.15, 0.2) is 0 Å². The Labute approximate surface area is 195 Å². The first-order valence-electron chi connectivity index (χ1n) is 11.3. The van der Waals surface area contributed by atoms with Gasteiger partial charge in [0.05, 0.1) is 19.9 Å². The summed E-state index contributed by atoms with van der Waals surface area (Å²) in [6.07, 6.45) is 4.27. The third kappa shape index (κ3) is 5.30. The molecule has 4 rings (SSSR count). The zero-order valence-corrected chi connectivity index (χ0v) is 19.8. The van der Waals surface area contributed by atoms with Crippen LogP contribution in [0.25, 0.3) is 10.9 Å². The zero-order chi connectivity index (χ0) is 23.4. The molecule has 2 aromatic heterocycles. The second kappa shape index (κ2) is 9.57. The summed E-state index contributed by atoms with van der Waals surface area (Å²) in [7, 11) is 1.68. The molecule has 0 aliphatic carbocycles. The van der Waals surface area contributed by atoms with Crippen LogP contribution in [0.15, 0.2) is 77.5 Å². The standard InChI is InChI=1S/C28H32N2O3/c1-28(2,3)25(16-27(31)29-17-22-8-7-15-33-22)24-19-30(26-10-6-5-9-23(24)26)18-20-11-13-21(32-4)14-12-20/h5-15,19,25H,16-18H2,1-4H3,(H,29,31)/t25-/m1/s1. The maximum Gasteiger partial charge on any atom is 0.221 e. The number of carbonyl (C=O) groups is 1. The van der Waals surface area contributed by atoms with Crippen molar-refractivity contribution in [1.29, 1.82) is 0 Å². The van der Waals surface area contributed by atoms with Crippen LogP contribution < -0.4 is 10.1 Å². The smallest absolute Gasteiger partial charge is 0.221 e. The van der Waals surface area contributed by atoms with Crippen LogP contribution >= 0.6 is 0 Å². The molecule has 1 amide bonds. The van der Waals surface area contributed by atoms with Crippen LogP contribution in [0.2, 0.25) is 0 Å². The van der Waals surface area contributed by atoms with Crippen LogP contribution in [0, 0.1) is 5.41 Å². The lowest BCUT2D eigenvalue weighted by atomic mass is 9.74. The molecule has 0 saturated heterocycles. The minimum absolute atomic E-state index is 0.0262. The Morgan fingerprint density at radius 2 is 1.82 bits per heavy atom. The third-order valence-electron chi connectivity index (χ3n) is 6.18. The Balaban J connectivity index is 1.62. The van der Waals surface area contributed by atoms with Gasteiger partial charge in [-0.3, -0.25) is 4.79 Å². The van der Waals surface area contributed by atoms with Crippen molar-refractivity contribution < 1.29 is 13.9 Å². The van der Waals surface area contributed by atoms with E-state index < -0.39 is 0 Å². The normalized spacial score (nSPS) is 12.6. The van der Waals surface area contributed by atoms with Gasteiger partial charge in [0.2, 0.25) is 5.91 Å². The second-order valence-electron chi connectivity index (χ2n) is 9.56. The van der Waals surface area contributed by atoms with Gasteiger partial charge in [0.25, 0.3) is 0 Å². The fourth-order valence-electron chi connectivity index (χ4n) is 4.35. The molecule has 0 spiro atoms. The number of amides is 1. The number of aromatic nitrogens is 1. The van der Waals surface area contributed by atoms with Crippen LogP contribution in [0.1, 0.15) is 50.0 Å². The molecular weight excluding hydrogens is 412 g/mol. The summed E-state index contributed by atoms with van der Waals surface area (Å²) < 4.78 is 12.9. The number of nitrogens with zero attached hydrogens (tertiary/aromatic N) is 1. The minimum atomic E-state index is -0.0862. The molecule has 0 aliphatic heterocycles. The van der Waals surface area contributed by atoms with Crippen molar-refractivity contribution in [3.8, 4) is 5.75 Å². The van der Waals surface area contributed by atoms with Gasteiger partial charge in [-0.25, -0.2) is 0 Å². The number of rotatable bonds is 8. The van der Waals surface area contributed by atoms with E-state index in [1.807, 2.05) is 24.3 Å². The highest BCUT2D eigenvalue weighted by molar-refractivity contribution is 5.86. The van der Waals surface area contributed by atoms with E-state index in [1.165, 1.54) is 22.0 Å². The van der Waals surface area contributed by atoms with E-state index in [4.69, 9.17) is 9.15 Å². The number of nitrogens with one attached hydrogen (secondary N) is 1. The SMILES string of the molecule is COc1ccc(Cn2cc([C@@H](CC(=O)NCc3ccco3)C(C)(C)C)c3ccccc32)cc1. The largest absolute Gasteiger partial charge is 0.497 e. The number of hydrogen-bond acceptors (Lipinski definition) is 3. The van der Waals surface area contributed by atoms with Crippen molar-refractivity contribution in [1.82, 2.24) is 9.88 Å². The van der Waals surface area contributed by atoms with Crippen molar-refractivity contribution in [2.45, 2.75) is 46.2 Å². The van der Waals surface area contributed by atoms with Gasteiger partial charge in [-0.05, 0) is 52.8 Å². The van der Waals surface area contributed by atoms with Crippen molar-refractivity contribution in [2.24, 2.45) is 5.41 Å². The molecular formula is C28H32N2O3. The highest BCUT2D eigenvalue weighted by Gasteiger charge is 2.31. The Morgan fingerprint density at radius 1 is 1.06 bits per heavy atom. The minimum Gasteiger partial charge on any atom is -0.497 e. The second-order valence-corrected chi connectivity index (χ2v) is 9.56. The molecule has 0 unspecified atom stereocenters. The molecule has 5 nitrogen and oxygen atoms in total. The Kier molecular flexibility index (Phi) is 6.59. The number of fused-ring (bicyclic) bond motifs is 1. The van der Waals surface area contributed by atoms with Gasteiger partial charge in [0, 0.05) is 30.1 Å². The monoisotopic (exact) mass is 444 g/mol. The number of methoxy groups -OCH3 is 1. The van der Waals surface area contributed by atoms with E-state index in [0.29, 0.717) is 13.0 Å². The molecule has 0 bridgehead atoms. The van der Waals surface area contributed by atoms with Gasteiger partial charge in [-0.1, -0.05) is 51.1 Å². The van der Waals surface area contributed by atoms with Crippen LogP contribution in [0.3, 0.4) is 0 Å². The first-order chi connectivity index (χ1) is 15.8. The summed E-state index contributed by atoms with van der Waals surface area (Å²) in [6.45, 7) is 7.77. The molecule has 0 aliphatic rings. The van der Waals surface area contributed by atoms with Crippen molar-refractivity contribution in [2.75, 3.05) is 7.11 Å². The van der Waals surface area contributed by atoms with Crippen molar-refractivity contribution in [3.05, 3.63) is 90.0 Å². The predicted molar refractivity (Wildman–Crippen MR) is 131 cm³/mol. The molecule has 2 aromatic carbocycles. The predicted octanol–water partition coefficient (Wildman–Crippen LogP) is 6.13. The number of para-hydroxylation sites is 1. The quantitative estimate of drug-likeness (QED) is 0.356. The summed E-state index contributed by atoms with van der Waals surface area (Å²) in [5.41, 5.74) is 3.50. The molecule has 172 valence electrons. The van der Waals surface area contributed by atoms with Crippen LogP contribution in [-0.2, 0) is 17.9 Å². The van der Waals surface area contributed by atoms with Gasteiger partial charge in [-0.2, -0.15) is 0 Å². The first-order valence-corrected chi connectivity index (χ1v) is 11.3. The Hall–Kier alpha value is -3.47. The van der Waals surface area contributed by atoms with Gasteiger partial charge in [-0.15, -0.1) is 0 Å². The van der Waals surface area contributed by atoms with E-state index in [-0.39, 0.29) is 17.2 Å². The average Bonchev–Trinajstić information content (AvgIpc) is 3.44. The highest BCUT2D eigenvalue weighted by atomic mass is 16.5. The Morgan fingerprint density at radius 3 is 2.48 bits per heavy atom. The van der Waals surface area contributed by atoms with E-state index in [1.54, 1.807) is 13.4 Å². The highest BCUT2D eigenvalue weighted by Crippen LogP contribution is 2.41. The van der Waals surface area contributed by atoms with E-state index in [0.717, 1.165) is 18.1 Å². The molecule has 2 heterocycles. The molecule has 33 heavy (non-hydrogen) atoms. The lowest BCUT2D eigenvalue weighted by Crippen LogP contribution is -2.29. The molecule has 5 heteroatoms. The molecule has 0 radical (unpaired) electrons. The van der Waals surface area contributed by atoms with Gasteiger partial charge in [0.1, 0.15) is 11.5 Å². The van der Waals surface area contributed by atoms with Crippen LogP contribution in [0.5, 0.6) is 5.75 Å². The summed E-state index contributed by atoms with van der Waals surface area (Å²) in [5.74, 6) is 1.70. The molecule has 1 atom stereocenters. The maximum absolute atomic E-state index is 12.9. The number of carbonyl (C=O) groups excluding carboxylic acids is 1. The first kappa shape index (κ1) is 22.7. The third-order valence-corrected chi connectivity index (χ3v) is 6.18. The lowest BCUT2D eigenvalue weighted by molar-refractivity contribution is -0.122. The summed E-state index contributed by atoms with van der Waals surface area (Å²) in [6, 6.07) is 20.3. The number of furan rings is 1. The molecule has 1 N–H and O–H groups in total. The number of hydrogen-bond donors (Lipinski definition) is 1. The topological polar surface area (TPSA) is 56.4 Å². The Bertz CT molecular complexity index is 1200. The van der Waals surface area contributed by atoms with Crippen molar-refractivity contribution >= 4 is 16.8 Å². The van der Waals surface area contributed by atoms with Crippen molar-refractivity contribution in [3.63, 3.8) is 0 Å². The fraction of sp³-hybridized carbons (Fsp3) is 0.321. The van der Waals surface area contributed by atoms with E-state index >= 15 is 0 Å². The zero-order valence-electron chi connectivity index (χ0n) is 19.8. The number of ether oxygens (including phenoxy) is 1. The molecule has 4 aromatic rings. The summed E-state index contributed by atoms with van der Waals surface area (Å²) in [5, 5.41) is 4.21. The van der Waals surface area contributed by atoms with Crippen LogP contribution in [-0.4, -0.2) is 17.6 Å². The fourth-order valence-corrected chi connectivity index (χ4v) is 4.35. The lowest BCUT2D eigenvalue weighted by Gasteiger charge is -2.30. The van der Waals surface area contributed by atoms with E-state index in [2.05, 4.69) is 73.3 Å². The van der Waals surface area contributed by atoms with Crippen LogP contribution in [0.4, 0.5) is 0 Å². The molecule has 0 fully saturated rings. The summed E-state index contributed by atoms with van der Waals surface area (Å²) >= 11 is 0.